The molecule has 23 heavy (non-hydrogen) atoms. The third-order valence-electron chi connectivity index (χ3n) is 3.59. The number of halogens is 2. The van der Waals surface area contributed by atoms with E-state index in [1.54, 1.807) is 24.3 Å². The molecule has 0 radical (unpaired) electrons. The van der Waals surface area contributed by atoms with Gasteiger partial charge in [-0.2, -0.15) is 0 Å². The maximum Gasteiger partial charge on any atom is 0.258 e. The molecule has 118 valence electrons. The van der Waals surface area contributed by atoms with Crippen molar-refractivity contribution in [2.24, 2.45) is 0 Å². The maximum atomic E-state index is 12.9. The molecule has 0 saturated carbocycles. The summed E-state index contributed by atoms with van der Waals surface area (Å²) in [6.07, 6.45) is 0. The number of amides is 2. The summed E-state index contributed by atoms with van der Waals surface area (Å²) in [5.74, 6) is -1.23. The fourth-order valence-corrected chi connectivity index (χ4v) is 2.51. The van der Waals surface area contributed by atoms with Crippen LogP contribution in [0.5, 0.6) is 0 Å². The highest BCUT2D eigenvalue weighted by Crippen LogP contribution is 2.22. The fourth-order valence-electron chi connectivity index (χ4n) is 2.38. The van der Waals surface area contributed by atoms with Gasteiger partial charge in [0, 0.05) is 10.6 Å². The molecule has 2 aromatic carbocycles. The Kier molecular flexibility index (Phi) is 4.27. The van der Waals surface area contributed by atoms with Gasteiger partial charge in [-0.05, 0) is 42.0 Å². The molecule has 0 aromatic heterocycles. The Labute approximate surface area is 136 Å². The van der Waals surface area contributed by atoms with Crippen molar-refractivity contribution in [3.8, 4) is 0 Å². The number of benzene rings is 2. The van der Waals surface area contributed by atoms with Crippen LogP contribution in [0, 0.1) is 5.82 Å². The lowest BCUT2D eigenvalue weighted by Gasteiger charge is -2.18. The van der Waals surface area contributed by atoms with Gasteiger partial charge in [0.1, 0.15) is 11.9 Å². The molecule has 0 bridgehead atoms. The molecule has 1 aliphatic heterocycles. The lowest BCUT2D eigenvalue weighted by molar-refractivity contribution is -0.121. The summed E-state index contributed by atoms with van der Waals surface area (Å²) in [5.41, 5.74) is 6.42. The van der Waals surface area contributed by atoms with Gasteiger partial charge in [-0.3, -0.25) is 15.0 Å². The molecule has 3 N–H and O–H groups in total. The zero-order valence-corrected chi connectivity index (χ0v) is 12.6. The first-order valence-corrected chi connectivity index (χ1v) is 7.29. The number of carbonyl (C=O) groups excluding carboxylic acids is 2. The van der Waals surface area contributed by atoms with Gasteiger partial charge >= 0.3 is 0 Å². The monoisotopic (exact) mass is 333 g/mol. The zero-order valence-electron chi connectivity index (χ0n) is 11.8. The van der Waals surface area contributed by atoms with E-state index in [0.29, 0.717) is 5.02 Å². The van der Waals surface area contributed by atoms with Gasteiger partial charge in [0.2, 0.25) is 0 Å². The Morgan fingerprint density at radius 1 is 1.09 bits per heavy atom. The van der Waals surface area contributed by atoms with Gasteiger partial charge in [0.05, 0.1) is 6.04 Å². The van der Waals surface area contributed by atoms with Crippen molar-refractivity contribution in [2.45, 2.75) is 12.1 Å². The summed E-state index contributed by atoms with van der Waals surface area (Å²) in [4.78, 5) is 24.2. The average Bonchev–Trinajstić information content (AvgIpc) is 2.90. The molecule has 2 aromatic rings. The molecule has 1 heterocycles. The van der Waals surface area contributed by atoms with Crippen molar-refractivity contribution >= 4 is 23.4 Å². The summed E-state index contributed by atoms with van der Waals surface area (Å²) in [6, 6.07) is 10.9. The predicted molar refractivity (Wildman–Crippen MR) is 83.1 cm³/mol. The van der Waals surface area contributed by atoms with E-state index in [-0.39, 0.29) is 11.5 Å². The normalized spacial score (nSPS) is 20.2. The highest BCUT2D eigenvalue weighted by Gasteiger charge is 2.36. The van der Waals surface area contributed by atoms with Crippen LogP contribution in [0.25, 0.3) is 0 Å². The van der Waals surface area contributed by atoms with Crippen LogP contribution >= 0.6 is 11.6 Å². The minimum Gasteiger partial charge on any atom is -0.338 e. The van der Waals surface area contributed by atoms with E-state index < -0.39 is 23.8 Å². The Hall–Kier alpha value is -2.44. The summed E-state index contributed by atoms with van der Waals surface area (Å²) in [5, 5.41) is 3.24. The molecule has 0 aliphatic carbocycles. The number of rotatable bonds is 3. The van der Waals surface area contributed by atoms with Crippen molar-refractivity contribution in [3.05, 3.63) is 70.5 Å². The molecular formula is C16H13ClFN3O2. The molecule has 1 aliphatic rings. The zero-order chi connectivity index (χ0) is 16.4. The third-order valence-corrected chi connectivity index (χ3v) is 3.84. The van der Waals surface area contributed by atoms with Gasteiger partial charge in [-0.15, -0.1) is 0 Å². The van der Waals surface area contributed by atoms with E-state index in [0.717, 1.165) is 5.56 Å². The standard InChI is InChI=1S/C16H13ClFN3O2/c17-11-5-1-9(2-6-11)13-14(16(23)21-20-13)19-15(22)10-3-7-12(18)8-4-10/h1-8,13-14,20H,(H,19,22)(H,21,23)/t13-,14+/m1/s1. The first-order valence-electron chi connectivity index (χ1n) is 6.92. The molecule has 0 spiro atoms. The molecule has 3 rings (SSSR count). The number of hydrogen-bond donors (Lipinski definition) is 3. The Morgan fingerprint density at radius 2 is 1.74 bits per heavy atom. The summed E-state index contributed by atoms with van der Waals surface area (Å²) >= 11 is 5.86. The van der Waals surface area contributed by atoms with Crippen LogP contribution in [0.15, 0.2) is 48.5 Å². The van der Waals surface area contributed by atoms with Crippen LogP contribution in [0.1, 0.15) is 22.0 Å². The van der Waals surface area contributed by atoms with E-state index in [9.17, 15) is 14.0 Å². The van der Waals surface area contributed by atoms with Crippen molar-refractivity contribution in [1.82, 2.24) is 16.2 Å². The minimum atomic E-state index is -0.784. The first-order chi connectivity index (χ1) is 11.0. The van der Waals surface area contributed by atoms with Crippen molar-refractivity contribution < 1.29 is 14.0 Å². The van der Waals surface area contributed by atoms with E-state index in [2.05, 4.69) is 16.2 Å². The number of carbonyl (C=O) groups is 2. The first kappa shape index (κ1) is 15.5. The van der Waals surface area contributed by atoms with Crippen LogP contribution < -0.4 is 16.2 Å². The second-order valence-electron chi connectivity index (χ2n) is 5.12. The smallest absolute Gasteiger partial charge is 0.258 e. The Balaban J connectivity index is 1.78. The molecule has 5 nitrogen and oxygen atoms in total. The van der Waals surface area contributed by atoms with Crippen LogP contribution in [-0.2, 0) is 4.79 Å². The number of nitrogens with one attached hydrogen (secondary N) is 3. The van der Waals surface area contributed by atoms with E-state index in [1.807, 2.05) is 0 Å². The molecule has 2 atom stereocenters. The lowest BCUT2D eigenvalue weighted by atomic mass is 10.0. The van der Waals surface area contributed by atoms with Crippen molar-refractivity contribution in [1.29, 1.82) is 0 Å². The highest BCUT2D eigenvalue weighted by molar-refractivity contribution is 6.30. The van der Waals surface area contributed by atoms with Gasteiger partial charge in [-0.1, -0.05) is 23.7 Å². The number of hydrogen-bond acceptors (Lipinski definition) is 3. The number of hydrazine groups is 1. The highest BCUT2D eigenvalue weighted by atomic mass is 35.5. The molecule has 7 heteroatoms. The van der Waals surface area contributed by atoms with E-state index >= 15 is 0 Å². The quantitative estimate of drug-likeness (QED) is 0.804. The SMILES string of the molecule is O=C(N[C@@H]1C(=O)NN[C@@H]1c1ccc(Cl)cc1)c1ccc(F)cc1. The van der Waals surface area contributed by atoms with E-state index in [1.165, 1.54) is 24.3 Å². The summed E-state index contributed by atoms with van der Waals surface area (Å²) in [6.45, 7) is 0. The van der Waals surface area contributed by atoms with E-state index in [4.69, 9.17) is 11.6 Å². The fraction of sp³-hybridized carbons (Fsp3) is 0.125. The van der Waals surface area contributed by atoms with Crippen LogP contribution in [0.4, 0.5) is 4.39 Å². The van der Waals surface area contributed by atoms with Crippen molar-refractivity contribution in [2.75, 3.05) is 0 Å². The molecule has 0 unspecified atom stereocenters. The van der Waals surface area contributed by atoms with Gasteiger partial charge < -0.3 is 5.32 Å². The van der Waals surface area contributed by atoms with Crippen molar-refractivity contribution in [3.63, 3.8) is 0 Å². The minimum absolute atomic E-state index is 0.279. The summed E-state index contributed by atoms with van der Waals surface area (Å²) < 4.78 is 12.9. The third kappa shape index (κ3) is 3.33. The second kappa shape index (κ2) is 6.36. The molecular weight excluding hydrogens is 321 g/mol. The van der Waals surface area contributed by atoms with Gasteiger partial charge in [0.15, 0.2) is 0 Å². The largest absolute Gasteiger partial charge is 0.338 e. The van der Waals surface area contributed by atoms with Gasteiger partial charge in [0.25, 0.3) is 11.8 Å². The second-order valence-corrected chi connectivity index (χ2v) is 5.56. The van der Waals surface area contributed by atoms with Crippen LogP contribution in [0.2, 0.25) is 5.02 Å². The Bertz CT molecular complexity index is 734. The molecule has 2 amide bonds. The predicted octanol–water partition coefficient (Wildman–Crippen LogP) is 1.95. The maximum absolute atomic E-state index is 12.9. The lowest BCUT2D eigenvalue weighted by Crippen LogP contribution is -2.42. The van der Waals surface area contributed by atoms with Gasteiger partial charge in [-0.25, -0.2) is 9.82 Å². The van der Waals surface area contributed by atoms with Crippen LogP contribution in [0.3, 0.4) is 0 Å². The summed E-state index contributed by atoms with van der Waals surface area (Å²) in [7, 11) is 0. The van der Waals surface area contributed by atoms with Crippen LogP contribution in [-0.4, -0.2) is 17.9 Å². The molecule has 1 fully saturated rings. The molecule has 1 saturated heterocycles. The topological polar surface area (TPSA) is 70.2 Å². The Morgan fingerprint density at radius 3 is 2.39 bits per heavy atom. The average molecular weight is 334 g/mol.